The van der Waals surface area contributed by atoms with E-state index in [4.69, 9.17) is 0 Å². The molecule has 0 radical (unpaired) electrons. The first kappa shape index (κ1) is 22.2. The van der Waals surface area contributed by atoms with E-state index in [0.29, 0.717) is 24.6 Å². The van der Waals surface area contributed by atoms with Crippen LogP contribution in [0.3, 0.4) is 0 Å². The van der Waals surface area contributed by atoms with Crippen molar-refractivity contribution < 1.29 is 4.79 Å². The molecule has 0 saturated heterocycles. The number of allylic oxidation sites excluding steroid dienone is 1. The first-order chi connectivity index (χ1) is 14.6. The molecular weight excluding hydrogens is 412 g/mol. The minimum absolute atomic E-state index is 0.0532. The lowest BCUT2D eigenvalue weighted by molar-refractivity contribution is -0.116. The Morgan fingerprint density at radius 1 is 1.10 bits per heavy atom. The highest BCUT2D eigenvalue weighted by molar-refractivity contribution is 7.99. The summed E-state index contributed by atoms with van der Waals surface area (Å²) in [6, 6.07) is 18.2. The smallest absolute Gasteiger partial charge is 0.237 e. The van der Waals surface area contributed by atoms with E-state index in [0.717, 1.165) is 16.7 Å². The van der Waals surface area contributed by atoms with Crippen LogP contribution in [0, 0.1) is 6.92 Å². The van der Waals surface area contributed by atoms with Gasteiger partial charge in [0.15, 0.2) is 5.16 Å². The summed E-state index contributed by atoms with van der Waals surface area (Å²) in [6.07, 6.45) is 1.83. The van der Waals surface area contributed by atoms with E-state index >= 15 is 0 Å². The van der Waals surface area contributed by atoms with Crippen LogP contribution in [0.25, 0.3) is 0 Å². The molecule has 1 aromatic heterocycles. The number of hydrogen-bond donors (Lipinski definition) is 0. The third-order valence-corrected chi connectivity index (χ3v) is 6.46. The number of aryl methyl sites for hydroxylation is 1. The van der Waals surface area contributed by atoms with E-state index in [1.54, 1.807) is 16.7 Å². The molecule has 0 N–H and O–H groups in total. The Balaban J connectivity index is 1.66. The minimum atomic E-state index is 0.0532. The van der Waals surface area contributed by atoms with Gasteiger partial charge in [0.2, 0.25) is 5.91 Å². The number of carbonyl (C=O) groups is 1. The summed E-state index contributed by atoms with van der Waals surface area (Å²) >= 11 is 3.14. The number of amides is 1. The molecule has 7 heteroatoms. The summed E-state index contributed by atoms with van der Waals surface area (Å²) in [5.41, 5.74) is 2.16. The molecule has 3 rings (SSSR count). The predicted octanol–water partition coefficient (Wildman–Crippen LogP) is 5.21. The molecule has 0 atom stereocenters. The average Bonchev–Trinajstić information content (AvgIpc) is 3.15. The van der Waals surface area contributed by atoms with Crippen molar-refractivity contribution in [2.75, 3.05) is 17.2 Å². The molecule has 1 heterocycles. The lowest BCUT2D eigenvalue weighted by Gasteiger charge is -2.20. The van der Waals surface area contributed by atoms with Crippen molar-refractivity contribution in [1.29, 1.82) is 0 Å². The van der Waals surface area contributed by atoms with Crippen LogP contribution < -0.4 is 4.90 Å². The lowest BCUT2D eigenvalue weighted by Crippen LogP contribution is -2.32. The fourth-order valence-corrected chi connectivity index (χ4v) is 4.62. The van der Waals surface area contributed by atoms with E-state index in [1.807, 2.05) is 47.9 Å². The fraction of sp³-hybridized carbons (Fsp3) is 0.261. The van der Waals surface area contributed by atoms with Gasteiger partial charge in [-0.15, -0.1) is 28.5 Å². The highest BCUT2D eigenvalue weighted by Gasteiger charge is 2.17. The van der Waals surface area contributed by atoms with Crippen molar-refractivity contribution in [3.05, 3.63) is 78.6 Å². The number of aromatic nitrogens is 3. The third-order valence-electron chi connectivity index (χ3n) is 4.50. The van der Waals surface area contributed by atoms with Gasteiger partial charge in [0.25, 0.3) is 0 Å². The molecule has 0 fully saturated rings. The molecule has 2 aromatic carbocycles. The Kier molecular flexibility index (Phi) is 8.16. The Morgan fingerprint density at radius 2 is 1.83 bits per heavy atom. The van der Waals surface area contributed by atoms with Crippen molar-refractivity contribution >= 4 is 35.1 Å². The van der Waals surface area contributed by atoms with Crippen LogP contribution in [-0.2, 0) is 17.1 Å². The second-order valence-electron chi connectivity index (χ2n) is 6.66. The Labute approximate surface area is 186 Å². The number of carbonyl (C=O) groups excluding carboxylic acids is 1. The molecule has 0 aliphatic heterocycles. The molecule has 0 spiro atoms. The molecule has 1 amide bonds. The molecule has 3 aromatic rings. The number of anilines is 1. The Hall–Kier alpha value is -2.51. The number of para-hydroxylation sites is 1. The second-order valence-corrected chi connectivity index (χ2v) is 8.65. The molecule has 30 heavy (non-hydrogen) atoms. The molecular formula is C23H26N4OS2. The maximum absolute atomic E-state index is 12.8. The quantitative estimate of drug-likeness (QED) is 0.321. The van der Waals surface area contributed by atoms with Crippen LogP contribution in [0.5, 0.6) is 0 Å². The van der Waals surface area contributed by atoms with Gasteiger partial charge in [-0.05, 0) is 38.1 Å². The first-order valence-electron chi connectivity index (χ1n) is 9.83. The highest BCUT2D eigenvalue weighted by atomic mass is 32.2. The van der Waals surface area contributed by atoms with Crippen LogP contribution >= 0.6 is 23.5 Å². The summed E-state index contributed by atoms with van der Waals surface area (Å²) < 4.78 is 2.03. The molecule has 5 nitrogen and oxygen atoms in total. The predicted molar refractivity (Wildman–Crippen MR) is 126 cm³/mol. The monoisotopic (exact) mass is 438 g/mol. The van der Waals surface area contributed by atoms with E-state index in [9.17, 15) is 4.79 Å². The summed E-state index contributed by atoms with van der Waals surface area (Å²) in [5.74, 6) is 1.95. The van der Waals surface area contributed by atoms with Crippen LogP contribution in [0.1, 0.15) is 18.3 Å². The molecule has 0 unspecified atom stereocenters. The standard InChI is InChI=1S/C23H26N4OS2/c1-4-15-27-21(16-29-20-13-11-18(3)12-14-20)24-25-23(27)30-17-22(28)26(5-2)19-9-7-6-8-10-19/h4,6-14H,1,5,15-17H2,2-3H3. The van der Waals surface area contributed by atoms with Crippen LogP contribution in [0.15, 0.2) is 77.3 Å². The second kappa shape index (κ2) is 11.0. The zero-order chi connectivity index (χ0) is 21.3. The maximum atomic E-state index is 12.8. The van der Waals surface area contributed by atoms with E-state index in [2.05, 4.69) is 48.0 Å². The molecule has 0 saturated carbocycles. The maximum Gasteiger partial charge on any atom is 0.237 e. The first-order valence-corrected chi connectivity index (χ1v) is 11.8. The fourth-order valence-electron chi connectivity index (χ4n) is 2.94. The molecule has 0 bridgehead atoms. The van der Waals surface area contributed by atoms with Gasteiger partial charge in [-0.1, -0.05) is 53.7 Å². The zero-order valence-corrected chi connectivity index (χ0v) is 19.0. The molecule has 0 aliphatic rings. The van der Waals surface area contributed by atoms with Crippen molar-refractivity contribution in [3.63, 3.8) is 0 Å². The van der Waals surface area contributed by atoms with Gasteiger partial charge in [0, 0.05) is 23.7 Å². The highest BCUT2D eigenvalue weighted by Crippen LogP contribution is 2.25. The van der Waals surface area contributed by atoms with Crippen molar-refractivity contribution in [1.82, 2.24) is 14.8 Å². The SMILES string of the molecule is C=CCn1c(CSc2ccc(C)cc2)nnc1SCC(=O)N(CC)c1ccccc1. The summed E-state index contributed by atoms with van der Waals surface area (Å²) in [4.78, 5) is 15.8. The van der Waals surface area contributed by atoms with Gasteiger partial charge >= 0.3 is 0 Å². The number of benzene rings is 2. The van der Waals surface area contributed by atoms with Gasteiger partial charge in [-0.2, -0.15) is 0 Å². The van der Waals surface area contributed by atoms with E-state index < -0.39 is 0 Å². The largest absolute Gasteiger partial charge is 0.312 e. The van der Waals surface area contributed by atoms with Crippen molar-refractivity contribution in [3.8, 4) is 0 Å². The van der Waals surface area contributed by atoms with Gasteiger partial charge in [0.05, 0.1) is 11.5 Å². The van der Waals surface area contributed by atoms with Crippen LogP contribution in [-0.4, -0.2) is 33.0 Å². The molecule has 0 aliphatic carbocycles. The van der Waals surface area contributed by atoms with Crippen LogP contribution in [0.2, 0.25) is 0 Å². The van der Waals surface area contributed by atoms with Crippen molar-refractivity contribution in [2.24, 2.45) is 0 Å². The topological polar surface area (TPSA) is 51.0 Å². The number of hydrogen-bond acceptors (Lipinski definition) is 5. The summed E-state index contributed by atoms with van der Waals surface area (Å²) in [5, 5.41) is 9.44. The van der Waals surface area contributed by atoms with Crippen molar-refractivity contribution in [2.45, 2.75) is 36.2 Å². The number of rotatable bonds is 10. The minimum Gasteiger partial charge on any atom is -0.312 e. The normalized spacial score (nSPS) is 10.7. The average molecular weight is 439 g/mol. The van der Waals surface area contributed by atoms with Gasteiger partial charge in [0.1, 0.15) is 5.82 Å². The van der Waals surface area contributed by atoms with Gasteiger partial charge < -0.3 is 9.47 Å². The Bertz CT molecular complexity index is 971. The zero-order valence-electron chi connectivity index (χ0n) is 17.3. The van der Waals surface area contributed by atoms with E-state index in [-0.39, 0.29) is 5.91 Å². The number of nitrogens with zero attached hydrogens (tertiary/aromatic N) is 4. The third kappa shape index (κ3) is 5.77. The lowest BCUT2D eigenvalue weighted by atomic mass is 10.2. The summed E-state index contributed by atoms with van der Waals surface area (Å²) in [7, 11) is 0. The van der Waals surface area contributed by atoms with Gasteiger partial charge in [-0.25, -0.2) is 0 Å². The number of thioether (sulfide) groups is 2. The van der Waals surface area contributed by atoms with Gasteiger partial charge in [-0.3, -0.25) is 4.79 Å². The summed E-state index contributed by atoms with van der Waals surface area (Å²) in [6.45, 7) is 9.16. The Morgan fingerprint density at radius 3 is 2.50 bits per heavy atom. The van der Waals surface area contributed by atoms with Crippen LogP contribution in [0.4, 0.5) is 5.69 Å². The molecule has 156 valence electrons. The van der Waals surface area contributed by atoms with E-state index in [1.165, 1.54) is 22.2 Å².